The standard InChI is InChI=1S/C16H11Cl3N6O/c17-12-6-2-1-4-10(12)8-20-21-14(26)9-25-23-16(22-24-25)11-5-3-7-13(18)15(11)19/h1-8H,9H2,(H,21,26)/b20-8+. The lowest BCUT2D eigenvalue weighted by Crippen LogP contribution is -2.24. The highest BCUT2D eigenvalue weighted by atomic mass is 35.5. The van der Waals surface area contributed by atoms with Gasteiger partial charge in [-0.2, -0.15) is 9.90 Å². The molecule has 0 saturated carbocycles. The third kappa shape index (κ3) is 4.37. The van der Waals surface area contributed by atoms with E-state index in [1.54, 1.807) is 36.4 Å². The zero-order valence-electron chi connectivity index (χ0n) is 13.1. The fraction of sp³-hybridized carbons (Fsp3) is 0.0625. The van der Waals surface area contributed by atoms with Crippen molar-refractivity contribution >= 4 is 46.9 Å². The summed E-state index contributed by atoms with van der Waals surface area (Å²) in [5.74, 6) is -0.153. The molecule has 0 spiro atoms. The molecule has 0 aliphatic carbocycles. The first-order valence-corrected chi connectivity index (χ1v) is 8.46. The maximum atomic E-state index is 11.9. The van der Waals surface area contributed by atoms with Gasteiger partial charge in [0.2, 0.25) is 5.82 Å². The molecule has 1 heterocycles. The van der Waals surface area contributed by atoms with Gasteiger partial charge >= 0.3 is 0 Å². The summed E-state index contributed by atoms with van der Waals surface area (Å²) in [5, 5.41) is 16.9. The van der Waals surface area contributed by atoms with Gasteiger partial charge < -0.3 is 0 Å². The van der Waals surface area contributed by atoms with Crippen LogP contribution in [0.1, 0.15) is 5.56 Å². The van der Waals surface area contributed by atoms with Gasteiger partial charge in [0.25, 0.3) is 5.91 Å². The molecule has 26 heavy (non-hydrogen) atoms. The van der Waals surface area contributed by atoms with Crippen LogP contribution in [-0.4, -0.2) is 32.3 Å². The molecule has 10 heteroatoms. The van der Waals surface area contributed by atoms with Crippen LogP contribution in [0.5, 0.6) is 0 Å². The van der Waals surface area contributed by atoms with Crippen molar-refractivity contribution in [3.63, 3.8) is 0 Å². The van der Waals surface area contributed by atoms with Gasteiger partial charge in [0.1, 0.15) is 6.54 Å². The Kier molecular flexibility index (Phi) is 5.82. The minimum Gasteiger partial charge on any atom is -0.271 e. The van der Waals surface area contributed by atoms with Crippen LogP contribution in [0.2, 0.25) is 15.1 Å². The van der Waals surface area contributed by atoms with Crippen LogP contribution in [0.3, 0.4) is 0 Å². The Morgan fingerprint density at radius 1 is 1.12 bits per heavy atom. The van der Waals surface area contributed by atoms with Crippen molar-refractivity contribution in [1.82, 2.24) is 25.6 Å². The number of benzene rings is 2. The van der Waals surface area contributed by atoms with Crippen molar-refractivity contribution in [3.05, 3.63) is 63.1 Å². The molecule has 132 valence electrons. The van der Waals surface area contributed by atoms with E-state index in [2.05, 4.69) is 25.9 Å². The first-order valence-electron chi connectivity index (χ1n) is 7.33. The smallest absolute Gasteiger partial charge is 0.263 e. The second-order valence-corrected chi connectivity index (χ2v) is 6.25. The topological polar surface area (TPSA) is 85.1 Å². The van der Waals surface area contributed by atoms with E-state index in [1.165, 1.54) is 6.21 Å². The molecule has 1 aromatic heterocycles. The predicted octanol–water partition coefficient (Wildman–Crippen LogP) is 3.45. The minimum atomic E-state index is -0.422. The number of nitrogens with zero attached hydrogens (tertiary/aromatic N) is 5. The van der Waals surface area contributed by atoms with Crippen molar-refractivity contribution in [2.24, 2.45) is 5.10 Å². The van der Waals surface area contributed by atoms with Gasteiger partial charge in [-0.1, -0.05) is 59.1 Å². The van der Waals surface area contributed by atoms with Gasteiger partial charge in [0.15, 0.2) is 0 Å². The fourth-order valence-electron chi connectivity index (χ4n) is 2.01. The molecular weight excluding hydrogens is 399 g/mol. The predicted molar refractivity (Wildman–Crippen MR) is 100 cm³/mol. The van der Waals surface area contributed by atoms with E-state index in [-0.39, 0.29) is 12.4 Å². The van der Waals surface area contributed by atoms with Crippen LogP contribution in [0.4, 0.5) is 0 Å². The third-order valence-corrected chi connectivity index (χ3v) is 4.39. The van der Waals surface area contributed by atoms with Gasteiger partial charge in [0.05, 0.1) is 16.3 Å². The van der Waals surface area contributed by atoms with Crippen LogP contribution in [0.25, 0.3) is 11.4 Å². The van der Waals surface area contributed by atoms with E-state index in [0.29, 0.717) is 26.2 Å². The summed E-state index contributed by atoms with van der Waals surface area (Å²) in [6.07, 6.45) is 1.45. The van der Waals surface area contributed by atoms with Crippen molar-refractivity contribution in [2.75, 3.05) is 0 Å². The summed E-state index contributed by atoms with van der Waals surface area (Å²) in [6.45, 7) is -0.162. The molecule has 0 saturated heterocycles. The van der Waals surface area contributed by atoms with E-state index in [9.17, 15) is 4.79 Å². The van der Waals surface area contributed by atoms with Gasteiger partial charge in [-0.05, 0) is 23.4 Å². The van der Waals surface area contributed by atoms with Crippen molar-refractivity contribution in [2.45, 2.75) is 6.54 Å². The highest BCUT2D eigenvalue weighted by molar-refractivity contribution is 6.43. The van der Waals surface area contributed by atoms with Gasteiger partial charge in [-0.25, -0.2) is 5.43 Å². The van der Waals surface area contributed by atoms with Gasteiger partial charge in [0, 0.05) is 16.1 Å². The monoisotopic (exact) mass is 408 g/mol. The number of halogens is 3. The van der Waals surface area contributed by atoms with Crippen molar-refractivity contribution < 1.29 is 4.79 Å². The number of aromatic nitrogens is 4. The Morgan fingerprint density at radius 3 is 2.69 bits per heavy atom. The van der Waals surface area contributed by atoms with Gasteiger partial charge in [-0.15, -0.1) is 10.2 Å². The number of hydrogen-bond acceptors (Lipinski definition) is 5. The Balaban J connectivity index is 1.63. The molecule has 0 radical (unpaired) electrons. The molecule has 1 N–H and O–H groups in total. The molecule has 2 aromatic carbocycles. The number of hydrazone groups is 1. The van der Waals surface area contributed by atoms with Gasteiger partial charge in [-0.3, -0.25) is 4.79 Å². The summed E-state index contributed by atoms with van der Waals surface area (Å²) in [4.78, 5) is 13.1. The molecule has 0 fully saturated rings. The summed E-state index contributed by atoms with van der Waals surface area (Å²) in [5.41, 5.74) is 3.59. The van der Waals surface area contributed by atoms with Crippen molar-refractivity contribution in [1.29, 1.82) is 0 Å². The second kappa shape index (κ2) is 8.27. The maximum Gasteiger partial charge on any atom is 0.263 e. The van der Waals surface area contributed by atoms with E-state index in [0.717, 1.165) is 4.80 Å². The Labute approximate surface area is 163 Å². The Bertz CT molecular complexity index is 972. The quantitative estimate of drug-likeness (QED) is 0.516. The molecule has 1 amide bonds. The van der Waals surface area contributed by atoms with Crippen LogP contribution in [-0.2, 0) is 11.3 Å². The van der Waals surface area contributed by atoms with E-state index in [4.69, 9.17) is 34.8 Å². The zero-order chi connectivity index (χ0) is 18.5. The average molecular weight is 410 g/mol. The van der Waals surface area contributed by atoms with Crippen LogP contribution >= 0.6 is 34.8 Å². The lowest BCUT2D eigenvalue weighted by molar-refractivity contribution is -0.122. The van der Waals surface area contributed by atoms with Crippen LogP contribution < -0.4 is 5.43 Å². The molecule has 7 nitrogen and oxygen atoms in total. The maximum absolute atomic E-state index is 11.9. The second-order valence-electron chi connectivity index (χ2n) is 5.06. The van der Waals surface area contributed by atoms with Crippen LogP contribution in [0.15, 0.2) is 47.6 Å². The molecule has 3 rings (SSSR count). The number of carbonyl (C=O) groups is 1. The zero-order valence-corrected chi connectivity index (χ0v) is 15.4. The highest BCUT2D eigenvalue weighted by Crippen LogP contribution is 2.31. The van der Waals surface area contributed by atoms with E-state index >= 15 is 0 Å². The minimum absolute atomic E-state index is 0.162. The molecular formula is C16H11Cl3N6O. The average Bonchev–Trinajstić information content (AvgIpc) is 3.07. The normalized spacial score (nSPS) is 11.0. The lowest BCUT2D eigenvalue weighted by atomic mass is 10.2. The first kappa shape index (κ1) is 18.3. The number of amides is 1. The largest absolute Gasteiger partial charge is 0.271 e. The Morgan fingerprint density at radius 2 is 1.88 bits per heavy atom. The lowest BCUT2D eigenvalue weighted by Gasteiger charge is -2.00. The Hall–Kier alpha value is -2.48. The SMILES string of the molecule is O=C(Cn1nnc(-c2cccc(Cl)c2Cl)n1)N/N=C/c1ccccc1Cl. The highest BCUT2D eigenvalue weighted by Gasteiger charge is 2.13. The van der Waals surface area contributed by atoms with Crippen molar-refractivity contribution in [3.8, 4) is 11.4 Å². The number of carbonyl (C=O) groups excluding carboxylic acids is 1. The number of tetrazole rings is 1. The first-order chi connectivity index (χ1) is 12.5. The summed E-state index contributed by atoms with van der Waals surface area (Å²) in [6, 6.07) is 12.2. The molecule has 0 aliphatic rings. The number of hydrogen-bond donors (Lipinski definition) is 1. The molecule has 3 aromatic rings. The summed E-state index contributed by atoms with van der Waals surface area (Å²) in [7, 11) is 0. The van der Waals surface area contributed by atoms with Crippen LogP contribution in [0, 0.1) is 0 Å². The molecule has 0 atom stereocenters. The molecule has 0 bridgehead atoms. The third-order valence-electron chi connectivity index (χ3n) is 3.23. The fourth-order valence-corrected chi connectivity index (χ4v) is 2.58. The summed E-state index contributed by atoms with van der Waals surface area (Å²) >= 11 is 18.1. The number of rotatable bonds is 5. The van der Waals surface area contributed by atoms with E-state index < -0.39 is 5.91 Å². The number of nitrogens with one attached hydrogen (secondary N) is 1. The molecule has 0 aliphatic heterocycles. The summed E-state index contributed by atoms with van der Waals surface area (Å²) < 4.78 is 0. The molecule has 0 unspecified atom stereocenters. The van der Waals surface area contributed by atoms with E-state index in [1.807, 2.05) is 6.07 Å².